The Kier molecular flexibility index (Phi) is 4.03. The van der Waals surface area contributed by atoms with Gasteiger partial charge < -0.3 is 15.5 Å². The molecule has 0 aliphatic heterocycles. The van der Waals surface area contributed by atoms with Gasteiger partial charge in [-0.15, -0.1) is 0 Å². The van der Waals surface area contributed by atoms with E-state index in [4.69, 9.17) is 0 Å². The van der Waals surface area contributed by atoms with Crippen molar-refractivity contribution in [3.05, 3.63) is 11.6 Å². The van der Waals surface area contributed by atoms with Crippen LogP contribution in [0, 0.1) is 28.6 Å². The lowest BCUT2D eigenvalue weighted by atomic mass is 9.46. The molecule has 4 aliphatic rings. The fourth-order valence-corrected chi connectivity index (χ4v) is 7.34. The molecule has 3 N–H and O–H groups in total. The Morgan fingerprint density at radius 1 is 1.04 bits per heavy atom. The number of fused-ring (bicyclic) bond motifs is 5. The van der Waals surface area contributed by atoms with Crippen LogP contribution in [0.25, 0.3) is 0 Å². The second kappa shape index (κ2) is 5.82. The standard InChI is InChI=1S/C21H32N2O3/c1-13(22-25)21(24)11-8-18-16-5-4-14-12-15(23-26)6-9-19(14,2)17(16)7-10-20(18,21)3/h12,16-18,24-26H,4-11H2,1-3H3/b22-13+,23-15+/t16?,17?,18?,19?,20?,21-/m0/s1. The highest BCUT2D eigenvalue weighted by molar-refractivity contribution is 5.96. The van der Waals surface area contributed by atoms with E-state index in [9.17, 15) is 15.5 Å². The first kappa shape index (κ1) is 18.0. The molecule has 0 aromatic heterocycles. The summed E-state index contributed by atoms with van der Waals surface area (Å²) in [5, 5.41) is 36.8. The molecule has 0 aromatic carbocycles. The van der Waals surface area contributed by atoms with Gasteiger partial charge in [-0.2, -0.15) is 0 Å². The van der Waals surface area contributed by atoms with Gasteiger partial charge in [-0.3, -0.25) is 0 Å². The highest BCUT2D eigenvalue weighted by atomic mass is 16.4. The lowest BCUT2D eigenvalue weighted by Gasteiger charge is -2.59. The van der Waals surface area contributed by atoms with Gasteiger partial charge in [0, 0.05) is 5.41 Å². The van der Waals surface area contributed by atoms with Gasteiger partial charge in [0.2, 0.25) is 0 Å². The van der Waals surface area contributed by atoms with Crippen molar-refractivity contribution in [3.63, 3.8) is 0 Å². The van der Waals surface area contributed by atoms with Crippen LogP contribution in [0.15, 0.2) is 22.0 Å². The molecule has 0 amide bonds. The highest BCUT2D eigenvalue weighted by Gasteiger charge is 2.64. The zero-order valence-electron chi connectivity index (χ0n) is 16.2. The molecule has 4 aliphatic carbocycles. The first-order valence-electron chi connectivity index (χ1n) is 10.1. The number of hydrogen-bond acceptors (Lipinski definition) is 5. The predicted octanol–water partition coefficient (Wildman–Crippen LogP) is 4.36. The molecule has 144 valence electrons. The van der Waals surface area contributed by atoms with Crippen LogP contribution >= 0.6 is 0 Å². The van der Waals surface area contributed by atoms with Gasteiger partial charge in [0.05, 0.1) is 11.4 Å². The monoisotopic (exact) mass is 360 g/mol. The van der Waals surface area contributed by atoms with Crippen molar-refractivity contribution in [1.82, 2.24) is 0 Å². The van der Waals surface area contributed by atoms with Crippen molar-refractivity contribution in [2.75, 3.05) is 0 Å². The number of hydrogen-bond donors (Lipinski definition) is 3. The molecular weight excluding hydrogens is 328 g/mol. The van der Waals surface area contributed by atoms with Crippen molar-refractivity contribution in [2.24, 2.45) is 38.9 Å². The molecule has 3 saturated carbocycles. The predicted molar refractivity (Wildman–Crippen MR) is 101 cm³/mol. The summed E-state index contributed by atoms with van der Waals surface area (Å²) >= 11 is 0. The summed E-state index contributed by atoms with van der Waals surface area (Å²) in [6.45, 7) is 6.40. The molecule has 4 rings (SSSR count). The number of rotatable bonds is 1. The summed E-state index contributed by atoms with van der Waals surface area (Å²) in [5.74, 6) is 1.73. The van der Waals surface area contributed by atoms with Crippen molar-refractivity contribution in [1.29, 1.82) is 0 Å². The van der Waals surface area contributed by atoms with E-state index in [1.807, 2.05) is 0 Å². The van der Waals surface area contributed by atoms with Crippen LogP contribution in [0.4, 0.5) is 0 Å². The van der Waals surface area contributed by atoms with Crippen LogP contribution in [0.3, 0.4) is 0 Å². The van der Waals surface area contributed by atoms with Crippen molar-refractivity contribution >= 4 is 11.4 Å². The molecule has 6 atom stereocenters. The molecule has 0 aromatic rings. The fourth-order valence-electron chi connectivity index (χ4n) is 7.34. The van der Waals surface area contributed by atoms with E-state index in [-0.39, 0.29) is 10.8 Å². The van der Waals surface area contributed by atoms with E-state index in [1.54, 1.807) is 6.92 Å². The second-order valence-electron chi connectivity index (χ2n) is 9.63. The van der Waals surface area contributed by atoms with Crippen molar-refractivity contribution < 1.29 is 15.5 Å². The minimum Gasteiger partial charge on any atom is -0.411 e. The number of nitrogens with zero attached hydrogens (tertiary/aromatic N) is 2. The zero-order chi connectivity index (χ0) is 18.7. The van der Waals surface area contributed by atoms with Crippen LogP contribution in [0.1, 0.15) is 72.1 Å². The summed E-state index contributed by atoms with van der Waals surface area (Å²) in [5.41, 5.74) is 1.78. The first-order valence-corrected chi connectivity index (χ1v) is 10.1. The molecule has 0 radical (unpaired) electrons. The maximum atomic E-state index is 11.4. The average molecular weight is 360 g/mol. The number of allylic oxidation sites excluding steroid dienone is 2. The summed E-state index contributed by atoms with van der Waals surface area (Å²) in [7, 11) is 0. The molecule has 0 spiro atoms. The summed E-state index contributed by atoms with van der Waals surface area (Å²) in [6, 6.07) is 0. The van der Waals surface area contributed by atoms with Gasteiger partial charge in [0.25, 0.3) is 0 Å². The number of aliphatic hydroxyl groups is 1. The summed E-state index contributed by atoms with van der Waals surface area (Å²) in [4.78, 5) is 0. The molecule has 26 heavy (non-hydrogen) atoms. The molecule has 5 heteroatoms. The van der Waals surface area contributed by atoms with Crippen LogP contribution < -0.4 is 0 Å². The molecule has 0 bridgehead atoms. The van der Waals surface area contributed by atoms with Crippen molar-refractivity contribution in [3.8, 4) is 0 Å². The third-order valence-corrected chi connectivity index (χ3v) is 9.01. The van der Waals surface area contributed by atoms with Gasteiger partial charge in [0.15, 0.2) is 0 Å². The summed E-state index contributed by atoms with van der Waals surface area (Å²) < 4.78 is 0. The molecule has 3 fully saturated rings. The fraction of sp³-hybridized carbons (Fsp3) is 0.810. The van der Waals surface area contributed by atoms with Gasteiger partial charge >= 0.3 is 0 Å². The lowest BCUT2D eigenvalue weighted by molar-refractivity contribution is -0.0952. The molecule has 5 unspecified atom stereocenters. The maximum Gasteiger partial charge on any atom is 0.111 e. The van der Waals surface area contributed by atoms with Gasteiger partial charge in [0.1, 0.15) is 5.60 Å². The maximum absolute atomic E-state index is 11.4. The third kappa shape index (κ3) is 2.12. The SMILES string of the molecule is C/C(=N\O)[C@@]1(O)CCC2C3CCC4=C/C(=N/O)CCC4(C)C3CCC21C. The third-order valence-electron chi connectivity index (χ3n) is 9.01. The van der Waals surface area contributed by atoms with E-state index < -0.39 is 5.60 Å². The second-order valence-corrected chi connectivity index (χ2v) is 9.63. The quantitative estimate of drug-likeness (QED) is 0.369. The normalized spacial score (nSPS) is 50.0. The zero-order valence-corrected chi connectivity index (χ0v) is 16.2. The van der Waals surface area contributed by atoms with Gasteiger partial charge in [-0.1, -0.05) is 29.7 Å². The van der Waals surface area contributed by atoms with Gasteiger partial charge in [-0.05, 0) is 87.5 Å². The Balaban J connectivity index is 1.68. The largest absolute Gasteiger partial charge is 0.411 e. The number of oxime groups is 2. The van der Waals surface area contributed by atoms with Crippen LogP contribution in [-0.4, -0.2) is 32.5 Å². The minimum absolute atomic E-state index is 0.194. The molecule has 0 saturated heterocycles. The van der Waals surface area contributed by atoms with Crippen LogP contribution in [0.2, 0.25) is 0 Å². The van der Waals surface area contributed by atoms with Gasteiger partial charge in [-0.25, -0.2) is 0 Å². The van der Waals surface area contributed by atoms with Crippen molar-refractivity contribution in [2.45, 2.75) is 77.7 Å². The molecule has 5 nitrogen and oxygen atoms in total. The Morgan fingerprint density at radius 3 is 2.46 bits per heavy atom. The first-order chi connectivity index (χ1) is 12.3. The Morgan fingerprint density at radius 2 is 1.77 bits per heavy atom. The van der Waals surface area contributed by atoms with E-state index in [1.165, 1.54) is 5.57 Å². The average Bonchev–Trinajstić information content (AvgIpc) is 2.92. The van der Waals surface area contributed by atoms with E-state index in [2.05, 4.69) is 30.2 Å². The highest BCUT2D eigenvalue weighted by Crippen LogP contribution is 2.67. The Labute approximate surface area is 155 Å². The van der Waals surface area contributed by atoms with E-state index in [0.29, 0.717) is 29.9 Å². The lowest BCUT2D eigenvalue weighted by Crippen LogP contribution is -2.57. The minimum atomic E-state index is -0.975. The molecule has 0 heterocycles. The Hall–Kier alpha value is -1.36. The molecular formula is C21H32N2O3. The smallest absolute Gasteiger partial charge is 0.111 e. The topological polar surface area (TPSA) is 85.4 Å². The van der Waals surface area contributed by atoms with E-state index in [0.717, 1.165) is 50.7 Å². The van der Waals surface area contributed by atoms with Crippen LogP contribution in [0.5, 0.6) is 0 Å². The van der Waals surface area contributed by atoms with Crippen LogP contribution in [-0.2, 0) is 0 Å². The van der Waals surface area contributed by atoms with E-state index >= 15 is 0 Å². The Bertz CT molecular complexity index is 699. The summed E-state index contributed by atoms with van der Waals surface area (Å²) in [6.07, 6.45) is 10.1.